The van der Waals surface area contributed by atoms with E-state index in [2.05, 4.69) is 51.3 Å². The van der Waals surface area contributed by atoms with Crippen LogP contribution >= 0.6 is 31.9 Å². The fourth-order valence-corrected chi connectivity index (χ4v) is 2.32. The molecule has 2 rings (SSSR count). The summed E-state index contributed by atoms with van der Waals surface area (Å²) in [6, 6.07) is 3.46. The number of rotatable bonds is 2. The van der Waals surface area contributed by atoms with Crippen molar-refractivity contribution < 1.29 is 35.8 Å². The number of halogens is 8. The number of aromatic nitrogens is 2. The summed E-state index contributed by atoms with van der Waals surface area (Å²) >= 11 is 5.71. The van der Waals surface area contributed by atoms with Gasteiger partial charge in [0.2, 0.25) is 11.8 Å². The first-order chi connectivity index (χ1) is 11.9. The van der Waals surface area contributed by atoms with Crippen molar-refractivity contribution in [1.29, 1.82) is 0 Å². The first-order valence-electron chi connectivity index (χ1n) is 6.44. The van der Waals surface area contributed by atoms with Crippen molar-refractivity contribution in [2.75, 3.05) is 14.2 Å². The zero-order valence-electron chi connectivity index (χ0n) is 13.0. The SMILES string of the molecule is COc1cc(C(F)(F)F)cc(Br)n1.COc1cc(C(F)(F)F)cc(Br)n1. The maximum atomic E-state index is 12.2. The van der Waals surface area contributed by atoms with Gasteiger partial charge in [0, 0.05) is 12.1 Å². The van der Waals surface area contributed by atoms with Crippen molar-refractivity contribution in [2.24, 2.45) is 0 Å². The van der Waals surface area contributed by atoms with Gasteiger partial charge in [0.15, 0.2) is 0 Å². The maximum Gasteiger partial charge on any atom is 0.416 e. The maximum absolute atomic E-state index is 12.2. The molecule has 2 heterocycles. The second kappa shape index (κ2) is 8.89. The van der Waals surface area contributed by atoms with Crippen LogP contribution in [0, 0.1) is 0 Å². The monoisotopic (exact) mass is 510 g/mol. The number of methoxy groups -OCH3 is 2. The number of ether oxygens (including phenoxy) is 2. The summed E-state index contributed by atoms with van der Waals surface area (Å²) in [5.41, 5.74) is -1.57. The molecular weight excluding hydrogens is 502 g/mol. The Labute approximate surface area is 160 Å². The highest BCUT2D eigenvalue weighted by Gasteiger charge is 2.32. The molecule has 0 saturated carbocycles. The van der Waals surface area contributed by atoms with Crippen LogP contribution in [0.5, 0.6) is 11.8 Å². The van der Waals surface area contributed by atoms with Crippen molar-refractivity contribution in [2.45, 2.75) is 12.4 Å². The molecule has 0 atom stereocenters. The van der Waals surface area contributed by atoms with Crippen molar-refractivity contribution >= 4 is 31.9 Å². The van der Waals surface area contributed by atoms with Gasteiger partial charge in [0.05, 0.1) is 25.3 Å². The highest BCUT2D eigenvalue weighted by molar-refractivity contribution is 9.10. The molecule has 0 radical (unpaired) electrons. The van der Waals surface area contributed by atoms with Gasteiger partial charge in [-0.1, -0.05) is 0 Å². The second-order valence-corrected chi connectivity index (χ2v) is 6.06. The molecule has 0 aliphatic rings. The fourth-order valence-electron chi connectivity index (χ4n) is 1.48. The molecule has 0 fully saturated rings. The van der Waals surface area contributed by atoms with E-state index in [9.17, 15) is 26.3 Å². The molecule has 12 heteroatoms. The second-order valence-electron chi connectivity index (χ2n) is 4.44. The van der Waals surface area contributed by atoms with Crippen LogP contribution in [0.1, 0.15) is 11.1 Å². The molecule has 26 heavy (non-hydrogen) atoms. The lowest BCUT2D eigenvalue weighted by atomic mass is 10.2. The lowest BCUT2D eigenvalue weighted by molar-refractivity contribution is -0.138. The lowest BCUT2D eigenvalue weighted by Crippen LogP contribution is -2.05. The molecule has 2 aromatic heterocycles. The minimum atomic E-state index is -4.38. The number of nitrogens with zero attached hydrogens (tertiary/aromatic N) is 2. The van der Waals surface area contributed by atoms with Gasteiger partial charge in [0.25, 0.3) is 0 Å². The smallest absolute Gasteiger partial charge is 0.416 e. The van der Waals surface area contributed by atoms with Crippen LogP contribution in [0.4, 0.5) is 26.3 Å². The van der Waals surface area contributed by atoms with E-state index in [1.165, 1.54) is 14.2 Å². The standard InChI is InChI=1S/2C7H5BrF3NO/c2*1-13-6-3-4(7(9,10)11)2-5(8)12-6/h2*2-3H,1H3. The third-order valence-corrected chi connectivity index (χ3v) is 3.43. The number of hydrogen-bond acceptors (Lipinski definition) is 4. The molecule has 0 bridgehead atoms. The molecular formula is C14H10Br2F6N2O2. The zero-order chi connectivity index (χ0) is 20.1. The third-order valence-electron chi connectivity index (χ3n) is 2.61. The van der Waals surface area contributed by atoms with Gasteiger partial charge in [-0.2, -0.15) is 26.3 Å². The average Bonchev–Trinajstić information content (AvgIpc) is 2.52. The molecule has 0 spiro atoms. The molecule has 4 nitrogen and oxygen atoms in total. The molecule has 0 aliphatic heterocycles. The summed E-state index contributed by atoms with van der Waals surface area (Å²) in [6.07, 6.45) is -8.75. The van der Waals surface area contributed by atoms with Crippen molar-refractivity contribution in [1.82, 2.24) is 9.97 Å². The highest BCUT2D eigenvalue weighted by atomic mass is 79.9. The summed E-state index contributed by atoms with van der Waals surface area (Å²) in [7, 11) is 2.52. The van der Waals surface area contributed by atoms with Gasteiger partial charge in [-0.3, -0.25) is 0 Å². The minimum absolute atomic E-state index is 0.0679. The van der Waals surface area contributed by atoms with Gasteiger partial charge in [-0.25, -0.2) is 9.97 Å². The van der Waals surface area contributed by atoms with E-state index in [4.69, 9.17) is 0 Å². The van der Waals surface area contributed by atoms with Crippen LogP contribution in [0.3, 0.4) is 0 Å². The van der Waals surface area contributed by atoms with Gasteiger partial charge in [-0.15, -0.1) is 0 Å². The molecule has 0 unspecified atom stereocenters. The van der Waals surface area contributed by atoms with Crippen molar-refractivity contribution in [3.63, 3.8) is 0 Å². The molecule has 0 amide bonds. The van der Waals surface area contributed by atoms with E-state index in [1.807, 2.05) is 0 Å². The number of pyridine rings is 2. The Balaban J connectivity index is 0.000000260. The first-order valence-corrected chi connectivity index (χ1v) is 8.03. The summed E-state index contributed by atoms with van der Waals surface area (Å²) in [5.74, 6) is -0.136. The van der Waals surface area contributed by atoms with Gasteiger partial charge < -0.3 is 9.47 Å². The van der Waals surface area contributed by atoms with Gasteiger partial charge in [0.1, 0.15) is 9.21 Å². The number of alkyl halides is 6. The van der Waals surface area contributed by atoms with E-state index in [0.29, 0.717) is 0 Å². The molecule has 0 N–H and O–H groups in total. The lowest BCUT2D eigenvalue weighted by Gasteiger charge is -2.07. The Morgan fingerprint density at radius 2 is 1.00 bits per heavy atom. The highest BCUT2D eigenvalue weighted by Crippen LogP contribution is 2.33. The van der Waals surface area contributed by atoms with Crippen molar-refractivity contribution in [3.05, 3.63) is 44.6 Å². The Kier molecular flexibility index (Phi) is 7.69. The Morgan fingerprint density at radius 3 is 1.23 bits per heavy atom. The van der Waals surface area contributed by atoms with Crippen LogP contribution in [0.15, 0.2) is 33.5 Å². The molecule has 0 aliphatic carbocycles. The predicted octanol–water partition coefficient (Wildman–Crippen LogP) is 5.74. The van der Waals surface area contributed by atoms with E-state index in [0.717, 1.165) is 24.3 Å². The van der Waals surface area contributed by atoms with Crippen molar-refractivity contribution in [3.8, 4) is 11.8 Å². The molecule has 0 saturated heterocycles. The quantitative estimate of drug-likeness (QED) is 0.381. The van der Waals surface area contributed by atoms with Crippen LogP contribution in [0.25, 0.3) is 0 Å². The summed E-state index contributed by atoms with van der Waals surface area (Å²) in [5, 5.41) is 0. The molecule has 2 aromatic rings. The van der Waals surface area contributed by atoms with E-state index in [-0.39, 0.29) is 21.0 Å². The first kappa shape index (κ1) is 22.5. The van der Waals surface area contributed by atoms with E-state index >= 15 is 0 Å². The minimum Gasteiger partial charge on any atom is -0.481 e. The third kappa shape index (κ3) is 6.98. The van der Waals surface area contributed by atoms with E-state index in [1.54, 1.807) is 0 Å². The fraction of sp³-hybridized carbons (Fsp3) is 0.286. The van der Waals surface area contributed by atoms with Gasteiger partial charge >= 0.3 is 12.4 Å². The van der Waals surface area contributed by atoms with Crippen LogP contribution in [-0.4, -0.2) is 24.2 Å². The Hall–Kier alpha value is -1.56. The number of hydrogen-bond donors (Lipinski definition) is 0. The molecule has 0 aromatic carbocycles. The van der Waals surface area contributed by atoms with Gasteiger partial charge in [-0.05, 0) is 44.0 Å². The summed E-state index contributed by atoms with van der Waals surface area (Å²) in [4.78, 5) is 7.32. The van der Waals surface area contributed by atoms with E-state index < -0.39 is 23.5 Å². The topological polar surface area (TPSA) is 44.2 Å². The largest absolute Gasteiger partial charge is 0.481 e. The normalized spacial score (nSPS) is 11.5. The summed E-state index contributed by atoms with van der Waals surface area (Å²) in [6.45, 7) is 0. The van der Waals surface area contributed by atoms with Crippen LogP contribution in [-0.2, 0) is 12.4 Å². The van der Waals surface area contributed by atoms with Crippen LogP contribution < -0.4 is 9.47 Å². The Bertz CT molecular complexity index is 690. The van der Waals surface area contributed by atoms with Crippen LogP contribution in [0.2, 0.25) is 0 Å². The summed E-state index contributed by atoms with van der Waals surface area (Å²) < 4.78 is 82.5. The average molecular weight is 512 g/mol. The predicted molar refractivity (Wildman–Crippen MR) is 87.0 cm³/mol. The molecule has 144 valence electrons. The zero-order valence-corrected chi connectivity index (χ0v) is 16.2. The Morgan fingerprint density at radius 1 is 0.692 bits per heavy atom.